The molecule has 6 heteroatoms. The summed E-state index contributed by atoms with van der Waals surface area (Å²) in [6.45, 7) is 6.70. The average Bonchev–Trinajstić information content (AvgIpc) is 2.94. The Balaban J connectivity index is 1.88. The van der Waals surface area contributed by atoms with Gasteiger partial charge in [-0.05, 0) is 40.0 Å². The Kier molecular flexibility index (Phi) is 4.47. The number of carbonyl (C=O) groups is 1. The van der Waals surface area contributed by atoms with E-state index >= 15 is 0 Å². The van der Waals surface area contributed by atoms with Crippen LogP contribution in [0.25, 0.3) is 11.5 Å². The maximum absolute atomic E-state index is 11.8. The number of amides is 1. The number of nitrogens with one attached hydrogen (secondary N) is 1. The molecule has 2 heterocycles. The fourth-order valence-corrected chi connectivity index (χ4v) is 1.96. The van der Waals surface area contributed by atoms with E-state index in [2.05, 4.69) is 10.5 Å². The van der Waals surface area contributed by atoms with Crippen molar-refractivity contribution in [2.45, 2.75) is 32.9 Å². The number of furan rings is 1. The summed E-state index contributed by atoms with van der Waals surface area (Å²) in [5, 5.41) is 6.91. The van der Waals surface area contributed by atoms with Crippen LogP contribution in [0.2, 0.25) is 0 Å². The molecule has 0 unspecified atom stereocenters. The van der Waals surface area contributed by atoms with Gasteiger partial charge in [-0.3, -0.25) is 9.69 Å². The largest absolute Gasteiger partial charge is 0.461 e. The first-order valence-electron chi connectivity index (χ1n) is 6.82. The summed E-state index contributed by atoms with van der Waals surface area (Å²) in [4.78, 5) is 13.7. The molecule has 0 bridgehead atoms. The molecule has 0 spiro atoms. The van der Waals surface area contributed by atoms with Crippen LogP contribution in [0.5, 0.6) is 0 Å². The van der Waals surface area contributed by atoms with Crippen molar-refractivity contribution in [2.75, 3.05) is 13.6 Å². The molecule has 2 aromatic rings. The van der Waals surface area contributed by atoms with Crippen LogP contribution in [0.3, 0.4) is 0 Å². The van der Waals surface area contributed by atoms with E-state index in [1.807, 2.05) is 44.9 Å². The molecule has 0 saturated heterocycles. The maximum Gasteiger partial charge on any atom is 0.234 e. The smallest absolute Gasteiger partial charge is 0.234 e. The summed E-state index contributed by atoms with van der Waals surface area (Å²) >= 11 is 0. The second kappa shape index (κ2) is 6.13. The van der Waals surface area contributed by atoms with Gasteiger partial charge in [0.15, 0.2) is 5.76 Å². The van der Waals surface area contributed by atoms with Gasteiger partial charge in [-0.2, -0.15) is 0 Å². The molecular formula is C15H21N3O3. The third-order valence-corrected chi connectivity index (χ3v) is 2.68. The summed E-state index contributed by atoms with van der Waals surface area (Å²) in [5.41, 5.74) is 0.533. The zero-order valence-corrected chi connectivity index (χ0v) is 12.8. The van der Waals surface area contributed by atoms with Gasteiger partial charge in [0.25, 0.3) is 0 Å². The van der Waals surface area contributed by atoms with Crippen LogP contribution in [-0.2, 0) is 11.3 Å². The molecule has 0 aliphatic rings. The van der Waals surface area contributed by atoms with Crippen molar-refractivity contribution in [2.24, 2.45) is 0 Å². The van der Waals surface area contributed by atoms with Crippen molar-refractivity contribution in [1.82, 2.24) is 15.4 Å². The molecule has 1 amide bonds. The molecule has 21 heavy (non-hydrogen) atoms. The minimum absolute atomic E-state index is 0.0141. The van der Waals surface area contributed by atoms with E-state index in [9.17, 15) is 4.79 Å². The molecule has 6 nitrogen and oxygen atoms in total. The lowest BCUT2D eigenvalue weighted by atomic mass is 10.1. The SMILES string of the molecule is CN(CC(=O)NC(C)(C)C)Cc1cc(-c2ccco2)on1. The van der Waals surface area contributed by atoms with E-state index in [1.165, 1.54) is 0 Å². The summed E-state index contributed by atoms with van der Waals surface area (Å²) in [6.07, 6.45) is 1.58. The highest BCUT2D eigenvalue weighted by molar-refractivity contribution is 5.78. The van der Waals surface area contributed by atoms with Crippen molar-refractivity contribution < 1.29 is 13.7 Å². The number of rotatable bonds is 5. The van der Waals surface area contributed by atoms with Gasteiger partial charge in [0.1, 0.15) is 0 Å². The fourth-order valence-electron chi connectivity index (χ4n) is 1.96. The van der Waals surface area contributed by atoms with Crippen LogP contribution in [-0.4, -0.2) is 35.1 Å². The van der Waals surface area contributed by atoms with Gasteiger partial charge in [0.2, 0.25) is 11.7 Å². The molecule has 2 aromatic heterocycles. The fraction of sp³-hybridized carbons (Fsp3) is 0.467. The molecule has 0 fully saturated rings. The number of carbonyl (C=O) groups excluding carboxylic acids is 1. The molecule has 2 rings (SSSR count). The number of aromatic nitrogens is 1. The molecule has 0 radical (unpaired) electrons. The van der Waals surface area contributed by atoms with Crippen LogP contribution in [0.15, 0.2) is 33.4 Å². The first-order valence-corrected chi connectivity index (χ1v) is 6.82. The molecule has 1 N–H and O–H groups in total. The van der Waals surface area contributed by atoms with Crippen molar-refractivity contribution >= 4 is 5.91 Å². The lowest BCUT2D eigenvalue weighted by molar-refractivity contribution is -0.123. The van der Waals surface area contributed by atoms with Crippen molar-refractivity contribution in [1.29, 1.82) is 0 Å². The Morgan fingerprint density at radius 3 is 2.76 bits per heavy atom. The van der Waals surface area contributed by atoms with E-state index in [-0.39, 0.29) is 11.4 Å². The van der Waals surface area contributed by atoms with Crippen LogP contribution >= 0.6 is 0 Å². The summed E-state index contributed by atoms with van der Waals surface area (Å²) in [6, 6.07) is 5.42. The van der Waals surface area contributed by atoms with Crippen LogP contribution < -0.4 is 5.32 Å². The van der Waals surface area contributed by atoms with Gasteiger partial charge in [-0.25, -0.2) is 0 Å². The Labute approximate surface area is 124 Å². The van der Waals surface area contributed by atoms with E-state index in [0.29, 0.717) is 24.6 Å². The van der Waals surface area contributed by atoms with Crippen LogP contribution in [0.1, 0.15) is 26.5 Å². The minimum atomic E-state index is -0.224. The van der Waals surface area contributed by atoms with Crippen molar-refractivity contribution in [3.05, 3.63) is 30.2 Å². The zero-order valence-electron chi connectivity index (χ0n) is 12.8. The minimum Gasteiger partial charge on any atom is -0.461 e. The molecular weight excluding hydrogens is 270 g/mol. The Hall–Kier alpha value is -2.08. The quantitative estimate of drug-likeness (QED) is 0.915. The Bertz CT molecular complexity index is 582. The van der Waals surface area contributed by atoms with Crippen LogP contribution in [0, 0.1) is 0 Å². The van der Waals surface area contributed by atoms with E-state index < -0.39 is 0 Å². The van der Waals surface area contributed by atoms with Crippen LogP contribution in [0.4, 0.5) is 0 Å². The van der Waals surface area contributed by atoms with Gasteiger partial charge in [-0.15, -0.1) is 0 Å². The zero-order chi connectivity index (χ0) is 15.5. The summed E-state index contributed by atoms with van der Waals surface area (Å²) in [5.74, 6) is 1.21. The second-order valence-electron chi connectivity index (χ2n) is 6.13. The molecule has 0 aliphatic heterocycles. The van der Waals surface area contributed by atoms with Crippen molar-refractivity contribution in [3.63, 3.8) is 0 Å². The number of hydrogen-bond donors (Lipinski definition) is 1. The lowest BCUT2D eigenvalue weighted by Gasteiger charge is -2.22. The standard InChI is InChI=1S/C15H21N3O3/c1-15(2,3)16-14(19)10-18(4)9-11-8-13(21-17-11)12-6-5-7-20-12/h5-8H,9-10H2,1-4H3,(H,16,19). The monoisotopic (exact) mass is 291 g/mol. The first kappa shape index (κ1) is 15.3. The van der Waals surface area contributed by atoms with Gasteiger partial charge in [-0.1, -0.05) is 5.16 Å². The molecule has 0 aromatic carbocycles. The number of hydrogen-bond acceptors (Lipinski definition) is 5. The Morgan fingerprint density at radius 2 is 2.14 bits per heavy atom. The second-order valence-corrected chi connectivity index (χ2v) is 6.13. The van der Waals surface area contributed by atoms with Gasteiger partial charge >= 0.3 is 0 Å². The van der Waals surface area contributed by atoms with Crippen molar-refractivity contribution in [3.8, 4) is 11.5 Å². The molecule has 0 atom stereocenters. The topological polar surface area (TPSA) is 71.5 Å². The number of nitrogens with zero attached hydrogens (tertiary/aromatic N) is 2. The third-order valence-electron chi connectivity index (χ3n) is 2.68. The van der Waals surface area contributed by atoms with E-state index in [1.54, 1.807) is 12.3 Å². The third kappa shape index (κ3) is 4.75. The van der Waals surface area contributed by atoms with Gasteiger partial charge in [0, 0.05) is 18.2 Å². The highest BCUT2D eigenvalue weighted by Gasteiger charge is 2.16. The highest BCUT2D eigenvalue weighted by Crippen LogP contribution is 2.20. The average molecular weight is 291 g/mol. The lowest BCUT2D eigenvalue weighted by Crippen LogP contribution is -2.45. The Morgan fingerprint density at radius 1 is 1.38 bits per heavy atom. The molecule has 0 saturated carbocycles. The normalized spacial score (nSPS) is 11.9. The molecule has 0 aliphatic carbocycles. The highest BCUT2D eigenvalue weighted by atomic mass is 16.5. The maximum atomic E-state index is 11.8. The van der Waals surface area contributed by atoms with Gasteiger partial charge in [0.05, 0.1) is 18.5 Å². The molecule has 114 valence electrons. The van der Waals surface area contributed by atoms with E-state index in [0.717, 1.165) is 5.69 Å². The number of likely N-dealkylation sites (N-methyl/N-ethyl adjacent to an activating group) is 1. The summed E-state index contributed by atoms with van der Waals surface area (Å²) < 4.78 is 10.5. The summed E-state index contributed by atoms with van der Waals surface area (Å²) in [7, 11) is 1.86. The van der Waals surface area contributed by atoms with E-state index in [4.69, 9.17) is 8.94 Å². The van der Waals surface area contributed by atoms with Gasteiger partial charge < -0.3 is 14.3 Å². The first-order chi connectivity index (χ1) is 9.83. The predicted octanol–water partition coefficient (Wildman–Crippen LogP) is 2.28. The predicted molar refractivity (Wildman–Crippen MR) is 78.4 cm³/mol.